The molecule has 3 aromatic rings. The molecule has 3 aromatic heterocycles. The highest BCUT2D eigenvalue weighted by Crippen LogP contribution is 2.19. The highest BCUT2D eigenvalue weighted by Gasteiger charge is 2.12. The summed E-state index contributed by atoms with van der Waals surface area (Å²) in [7, 11) is 0. The van der Waals surface area contributed by atoms with E-state index in [0.717, 1.165) is 5.82 Å². The third kappa shape index (κ3) is 2.48. The van der Waals surface area contributed by atoms with Gasteiger partial charge in [-0.2, -0.15) is 0 Å². The topological polar surface area (TPSA) is 73.0 Å². The van der Waals surface area contributed by atoms with Crippen LogP contribution < -0.4 is 5.32 Å². The number of nitrogens with one attached hydrogen (secondary N) is 1. The van der Waals surface area contributed by atoms with E-state index in [1.54, 1.807) is 47.7 Å². The predicted molar refractivity (Wildman–Crippen MR) is 75.7 cm³/mol. The van der Waals surface area contributed by atoms with Crippen molar-refractivity contribution in [3.8, 4) is 5.82 Å². The van der Waals surface area contributed by atoms with Crippen LogP contribution in [0.3, 0.4) is 0 Å². The molecule has 0 saturated heterocycles. The summed E-state index contributed by atoms with van der Waals surface area (Å²) in [5.41, 5.74) is 1.04. The molecule has 0 bridgehead atoms. The summed E-state index contributed by atoms with van der Waals surface area (Å²) >= 11 is 3.16. The molecule has 100 valence electrons. The Balaban J connectivity index is 1.76. The Morgan fingerprint density at radius 1 is 1.35 bits per heavy atom. The molecule has 3 heterocycles. The first-order valence-corrected chi connectivity index (χ1v) is 6.52. The van der Waals surface area contributed by atoms with Gasteiger partial charge in [0, 0.05) is 12.4 Å². The van der Waals surface area contributed by atoms with Crippen LogP contribution in [0.15, 0.2) is 58.5 Å². The van der Waals surface area contributed by atoms with Crippen LogP contribution >= 0.6 is 15.9 Å². The lowest BCUT2D eigenvalue weighted by atomic mass is 10.3. The molecule has 0 aromatic carbocycles. The maximum atomic E-state index is 12.0. The predicted octanol–water partition coefficient (Wildman–Crippen LogP) is 2.88. The Hall–Kier alpha value is -2.41. The van der Waals surface area contributed by atoms with E-state index < -0.39 is 0 Å². The molecule has 0 spiro atoms. The van der Waals surface area contributed by atoms with E-state index in [1.165, 1.54) is 6.26 Å². The zero-order valence-electron chi connectivity index (χ0n) is 10.2. The number of carbonyl (C=O) groups is 1. The molecule has 7 heteroatoms. The second-order valence-corrected chi connectivity index (χ2v) is 4.66. The van der Waals surface area contributed by atoms with Gasteiger partial charge in [-0.25, -0.2) is 9.97 Å². The minimum absolute atomic E-state index is 0.261. The molecule has 0 saturated carbocycles. The Labute approximate surface area is 122 Å². The van der Waals surface area contributed by atoms with Gasteiger partial charge in [-0.15, -0.1) is 0 Å². The second kappa shape index (κ2) is 5.30. The van der Waals surface area contributed by atoms with Gasteiger partial charge in [0.15, 0.2) is 4.67 Å². The Kier molecular flexibility index (Phi) is 3.34. The molecular weight excluding hydrogens is 324 g/mol. The fraction of sp³-hybridized carbons (Fsp3) is 0. The minimum Gasteiger partial charge on any atom is -0.457 e. The normalized spacial score (nSPS) is 10.4. The number of aromatic nitrogens is 3. The fourth-order valence-corrected chi connectivity index (χ4v) is 2.08. The molecule has 0 radical (unpaired) electrons. The molecule has 0 unspecified atom stereocenters. The Morgan fingerprint density at radius 2 is 2.25 bits per heavy atom. The van der Waals surface area contributed by atoms with Crippen LogP contribution in [0.2, 0.25) is 0 Å². The number of carbonyl (C=O) groups excluding carboxylic acids is 1. The van der Waals surface area contributed by atoms with Crippen LogP contribution in [-0.2, 0) is 0 Å². The van der Waals surface area contributed by atoms with Gasteiger partial charge in [-0.3, -0.25) is 9.36 Å². The van der Waals surface area contributed by atoms with Gasteiger partial charge in [-0.05, 0) is 34.1 Å². The molecule has 0 fully saturated rings. The van der Waals surface area contributed by atoms with Crippen molar-refractivity contribution in [2.24, 2.45) is 0 Å². The van der Waals surface area contributed by atoms with Crippen molar-refractivity contribution in [1.82, 2.24) is 14.5 Å². The lowest BCUT2D eigenvalue weighted by Gasteiger charge is -2.05. The quantitative estimate of drug-likeness (QED) is 0.800. The second-order valence-electron chi connectivity index (χ2n) is 3.94. The zero-order chi connectivity index (χ0) is 13.9. The molecule has 6 nitrogen and oxygen atoms in total. The fourth-order valence-electron chi connectivity index (χ4n) is 1.66. The molecular formula is C13H9BrN4O2. The smallest absolute Gasteiger partial charge is 0.260 e. The van der Waals surface area contributed by atoms with E-state index in [0.29, 0.717) is 15.9 Å². The van der Waals surface area contributed by atoms with Crippen LogP contribution in [0, 0.1) is 0 Å². The van der Waals surface area contributed by atoms with Gasteiger partial charge in [0.05, 0.1) is 23.7 Å². The summed E-state index contributed by atoms with van der Waals surface area (Å²) in [6.07, 6.45) is 8.15. The molecule has 0 aliphatic rings. The van der Waals surface area contributed by atoms with Crippen LogP contribution in [0.5, 0.6) is 0 Å². The van der Waals surface area contributed by atoms with Gasteiger partial charge in [0.1, 0.15) is 12.1 Å². The number of imidazole rings is 1. The van der Waals surface area contributed by atoms with Crippen molar-refractivity contribution < 1.29 is 9.21 Å². The lowest BCUT2D eigenvalue weighted by Crippen LogP contribution is -2.11. The van der Waals surface area contributed by atoms with Crippen molar-refractivity contribution in [3.63, 3.8) is 0 Å². The summed E-state index contributed by atoms with van der Waals surface area (Å²) in [5.74, 6) is 0.466. The maximum absolute atomic E-state index is 12.0. The molecule has 0 atom stereocenters. The summed E-state index contributed by atoms with van der Waals surface area (Å²) in [6, 6.07) is 5.16. The number of pyridine rings is 1. The first-order chi connectivity index (χ1) is 9.74. The van der Waals surface area contributed by atoms with Gasteiger partial charge >= 0.3 is 0 Å². The molecule has 20 heavy (non-hydrogen) atoms. The average Bonchev–Trinajstić information content (AvgIpc) is 3.10. The standard InChI is InChI=1S/C13H9BrN4O2/c14-12-10(3-6-20-12)13(19)17-9-1-2-11(16-7-9)18-5-4-15-8-18/h1-8H,(H,17,19). The summed E-state index contributed by atoms with van der Waals surface area (Å²) < 4.78 is 7.20. The Morgan fingerprint density at radius 3 is 2.85 bits per heavy atom. The molecule has 0 aliphatic carbocycles. The zero-order valence-corrected chi connectivity index (χ0v) is 11.7. The highest BCUT2D eigenvalue weighted by molar-refractivity contribution is 9.10. The largest absolute Gasteiger partial charge is 0.457 e. The van der Waals surface area contributed by atoms with Crippen molar-refractivity contribution in [2.45, 2.75) is 0 Å². The van der Waals surface area contributed by atoms with Crippen LogP contribution in [0.1, 0.15) is 10.4 Å². The number of hydrogen-bond acceptors (Lipinski definition) is 4. The number of furan rings is 1. The van der Waals surface area contributed by atoms with Gasteiger partial charge in [-0.1, -0.05) is 0 Å². The number of anilines is 1. The van der Waals surface area contributed by atoms with Crippen molar-refractivity contribution in [3.05, 3.63) is 59.6 Å². The SMILES string of the molecule is O=C(Nc1ccc(-n2ccnc2)nc1)c1ccoc1Br. The van der Waals surface area contributed by atoms with Crippen LogP contribution in [0.4, 0.5) is 5.69 Å². The van der Waals surface area contributed by atoms with Gasteiger partial charge in [0.2, 0.25) is 0 Å². The molecule has 3 rings (SSSR count). The van der Waals surface area contributed by atoms with E-state index >= 15 is 0 Å². The van der Waals surface area contributed by atoms with Crippen molar-refractivity contribution >= 4 is 27.5 Å². The van der Waals surface area contributed by atoms with E-state index in [-0.39, 0.29) is 5.91 Å². The van der Waals surface area contributed by atoms with E-state index in [1.807, 2.05) is 0 Å². The molecule has 0 aliphatic heterocycles. The number of amides is 1. The van der Waals surface area contributed by atoms with E-state index in [2.05, 4.69) is 31.2 Å². The third-order valence-electron chi connectivity index (χ3n) is 2.64. The molecule has 1 N–H and O–H groups in total. The maximum Gasteiger partial charge on any atom is 0.260 e. The summed E-state index contributed by atoms with van der Waals surface area (Å²) in [6.45, 7) is 0. The monoisotopic (exact) mass is 332 g/mol. The number of hydrogen-bond donors (Lipinski definition) is 1. The van der Waals surface area contributed by atoms with Crippen molar-refractivity contribution in [1.29, 1.82) is 0 Å². The van der Waals surface area contributed by atoms with Gasteiger partial charge < -0.3 is 9.73 Å². The van der Waals surface area contributed by atoms with Crippen molar-refractivity contribution in [2.75, 3.05) is 5.32 Å². The van der Waals surface area contributed by atoms with Crippen LogP contribution in [-0.4, -0.2) is 20.4 Å². The number of nitrogens with zero attached hydrogens (tertiary/aromatic N) is 3. The third-order valence-corrected chi connectivity index (χ3v) is 3.25. The minimum atomic E-state index is -0.261. The summed E-state index contributed by atoms with van der Waals surface area (Å²) in [5, 5.41) is 2.74. The lowest BCUT2D eigenvalue weighted by molar-refractivity contribution is 0.102. The number of halogens is 1. The first-order valence-electron chi connectivity index (χ1n) is 5.73. The molecule has 1 amide bonds. The van der Waals surface area contributed by atoms with E-state index in [4.69, 9.17) is 4.42 Å². The van der Waals surface area contributed by atoms with E-state index in [9.17, 15) is 4.79 Å². The first kappa shape index (κ1) is 12.6. The summed E-state index contributed by atoms with van der Waals surface area (Å²) in [4.78, 5) is 20.2. The highest BCUT2D eigenvalue weighted by atomic mass is 79.9. The van der Waals surface area contributed by atoms with Gasteiger partial charge in [0.25, 0.3) is 5.91 Å². The Bertz CT molecular complexity index is 719. The number of rotatable bonds is 3. The average molecular weight is 333 g/mol. The van der Waals surface area contributed by atoms with Crippen LogP contribution in [0.25, 0.3) is 5.82 Å².